The number of Topliss-reactive ketones (excluding diaryl/α,β-unsaturated/α-hetero) is 1. The Bertz CT molecular complexity index is 1450. The van der Waals surface area contributed by atoms with Crippen LogP contribution in [0.4, 0.5) is 0 Å². The quantitative estimate of drug-likeness (QED) is 0.348. The summed E-state index contributed by atoms with van der Waals surface area (Å²) in [6.07, 6.45) is 2.04. The number of hydrogen-bond acceptors (Lipinski definition) is 5. The zero-order valence-corrected chi connectivity index (χ0v) is 20.9. The fourth-order valence-electron chi connectivity index (χ4n) is 4.78. The maximum atomic E-state index is 12.9. The van der Waals surface area contributed by atoms with Gasteiger partial charge in [0, 0.05) is 43.0 Å². The van der Waals surface area contributed by atoms with Gasteiger partial charge in [-0.2, -0.15) is 5.26 Å². The molecule has 1 amide bonds. The van der Waals surface area contributed by atoms with Crippen molar-refractivity contribution in [3.05, 3.63) is 106 Å². The Hall–Kier alpha value is -4.21. The maximum Gasteiger partial charge on any atom is 0.287 e. The molecule has 0 unspecified atom stereocenters. The van der Waals surface area contributed by atoms with E-state index in [0.717, 1.165) is 49.0 Å². The lowest BCUT2D eigenvalue weighted by molar-refractivity contribution is 0.0882. The number of carbonyl (C=O) groups is 2. The van der Waals surface area contributed by atoms with Crippen LogP contribution in [0.2, 0.25) is 0 Å². The van der Waals surface area contributed by atoms with E-state index in [4.69, 9.17) is 9.68 Å². The Labute approximate surface area is 216 Å². The van der Waals surface area contributed by atoms with Gasteiger partial charge in [-0.3, -0.25) is 14.5 Å². The number of fused-ring (bicyclic) bond motifs is 1. The Morgan fingerprint density at radius 1 is 0.973 bits per heavy atom. The smallest absolute Gasteiger partial charge is 0.287 e. The topological polar surface area (TPSA) is 86.3 Å². The average Bonchev–Trinajstić information content (AvgIpc) is 3.34. The van der Waals surface area contributed by atoms with Gasteiger partial charge in [0.1, 0.15) is 5.58 Å². The molecule has 6 nitrogen and oxygen atoms in total. The van der Waals surface area contributed by atoms with Gasteiger partial charge >= 0.3 is 0 Å². The number of rotatable bonds is 7. The third kappa shape index (κ3) is 5.96. The zero-order chi connectivity index (χ0) is 25.8. The zero-order valence-electron chi connectivity index (χ0n) is 20.9. The number of ketones is 1. The SMILES string of the molecule is Cc1ccc(C(=O)Cc2ccc3oc(C(=O)NC4CCN(Cc5ccc(C#N)cc5)CC4)cc3c2)cc1. The Morgan fingerprint density at radius 3 is 2.38 bits per heavy atom. The van der Waals surface area contributed by atoms with Gasteiger partial charge in [0.2, 0.25) is 0 Å². The van der Waals surface area contributed by atoms with Gasteiger partial charge in [0.05, 0.1) is 11.6 Å². The standard InChI is InChI=1S/C31H29N3O3/c1-21-2-9-25(10-3-21)28(35)17-24-8-11-29-26(16-24)18-30(37-29)31(36)33-27-12-14-34(15-13-27)20-23-6-4-22(19-32)5-7-23/h2-11,16,18,27H,12-15,17,20H2,1H3,(H,33,36). The number of amides is 1. The number of carbonyl (C=O) groups excluding carboxylic acids is 2. The molecule has 1 saturated heterocycles. The van der Waals surface area contributed by atoms with E-state index in [-0.39, 0.29) is 23.5 Å². The van der Waals surface area contributed by atoms with Crippen LogP contribution in [-0.4, -0.2) is 35.7 Å². The minimum absolute atomic E-state index is 0.0614. The van der Waals surface area contributed by atoms with Crippen molar-refractivity contribution >= 4 is 22.7 Å². The summed E-state index contributed by atoms with van der Waals surface area (Å²) >= 11 is 0. The van der Waals surface area contributed by atoms with E-state index in [1.807, 2.05) is 73.7 Å². The second kappa shape index (κ2) is 10.8. The highest BCUT2D eigenvalue weighted by atomic mass is 16.3. The second-order valence-corrected chi connectivity index (χ2v) is 9.78. The molecule has 186 valence electrons. The molecule has 0 spiro atoms. The van der Waals surface area contributed by atoms with Crippen LogP contribution >= 0.6 is 0 Å². The first-order chi connectivity index (χ1) is 18.0. The summed E-state index contributed by atoms with van der Waals surface area (Å²) in [5.41, 5.74) is 5.19. The van der Waals surface area contributed by atoms with Crippen molar-refractivity contribution < 1.29 is 14.0 Å². The molecule has 0 radical (unpaired) electrons. The molecular formula is C31H29N3O3. The molecule has 37 heavy (non-hydrogen) atoms. The van der Waals surface area contributed by atoms with Crippen LogP contribution < -0.4 is 5.32 Å². The van der Waals surface area contributed by atoms with Crippen LogP contribution in [0.1, 0.15) is 56.0 Å². The summed E-state index contributed by atoms with van der Waals surface area (Å²) in [6.45, 7) is 4.62. The van der Waals surface area contributed by atoms with E-state index >= 15 is 0 Å². The van der Waals surface area contributed by atoms with Crippen molar-refractivity contribution in [2.45, 2.75) is 38.8 Å². The third-order valence-electron chi connectivity index (χ3n) is 6.95. The van der Waals surface area contributed by atoms with Gasteiger partial charge in [-0.15, -0.1) is 0 Å². The van der Waals surface area contributed by atoms with E-state index in [2.05, 4.69) is 16.3 Å². The van der Waals surface area contributed by atoms with Gasteiger partial charge in [-0.25, -0.2) is 0 Å². The predicted octanol–water partition coefficient (Wildman–Crippen LogP) is 5.43. The van der Waals surface area contributed by atoms with Gasteiger partial charge in [0.25, 0.3) is 5.91 Å². The lowest BCUT2D eigenvalue weighted by Gasteiger charge is -2.32. The van der Waals surface area contributed by atoms with Crippen LogP contribution in [0.5, 0.6) is 0 Å². The van der Waals surface area contributed by atoms with E-state index in [1.165, 1.54) is 5.56 Å². The molecule has 1 aromatic heterocycles. The predicted molar refractivity (Wildman–Crippen MR) is 142 cm³/mol. The molecular weight excluding hydrogens is 462 g/mol. The molecule has 0 saturated carbocycles. The van der Waals surface area contributed by atoms with E-state index in [0.29, 0.717) is 23.1 Å². The lowest BCUT2D eigenvalue weighted by atomic mass is 10.0. The van der Waals surface area contributed by atoms with Crippen LogP contribution in [-0.2, 0) is 13.0 Å². The number of nitrogens with one attached hydrogen (secondary N) is 1. The normalized spacial score (nSPS) is 14.4. The first kappa shape index (κ1) is 24.5. The molecule has 5 rings (SSSR count). The van der Waals surface area contributed by atoms with Crippen molar-refractivity contribution in [1.82, 2.24) is 10.2 Å². The van der Waals surface area contributed by atoms with Gasteiger partial charge in [0.15, 0.2) is 11.5 Å². The average molecular weight is 492 g/mol. The number of benzene rings is 3. The molecule has 1 aliphatic heterocycles. The summed E-state index contributed by atoms with van der Waals surface area (Å²) in [4.78, 5) is 27.9. The summed E-state index contributed by atoms with van der Waals surface area (Å²) in [7, 11) is 0. The number of aryl methyl sites for hydroxylation is 1. The van der Waals surface area contributed by atoms with Crippen molar-refractivity contribution in [3.8, 4) is 6.07 Å². The van der Waals surface area contributed by atoms with Crippen LogP contribution in [0.15, 0.2) is 77.2 Å². The summed E-state index contributed by atoms with van der Waals surface area (Å²) < 4.78 is 5.82. The van der Waals surface area contributed by atoms with Crippen molar-refractivity contribution in [2.24, 2.45) is 0 Å². The molecule has 0 bridgehead atoms. The maximum absolute atomic E-state index is 12.9. The molecule has 1 N–H and O–H groups in total. The summed E-state index contributed by atoms with van der Waals surface area (Å²) in [5.74, 6) is 0.141. The van der Waals surface area contributed by atoms with Crippen molar-refractivity contribution in [3.63, 3.8) is 0 Å². The molecule has 1 aliphatic rings. The highest BCUT2D eigenvalue weighted by Crippen LogP contribution is 2.23. The van der Waals surface area contributed by atoms with E-state index in [1.54, 1.807) is 6.07 Å². The highest BCUT2D eigenvalue weighted by Gasteiger charge is 2.23. The Morgan fingerprint density at radius 2 is 1.68 bits per heavy atom. The van der Waals surface area contributed by atoms with Gasteiger partial charge < -0.3 is 9.73 Å². The van der Waals surface area contributed by atoms with Gasteiger partial charge in [-0.1, -0.05) is 48.0 Å². The molecule has 0 atom stereocenters. The van der Waals surface area contributed by atoms with Crippen LogP contribution in [0, 0.1) is 18.3 Å². The minimum Gasteiger partial charge on any atom is -0.451 e. The Kier molecular flexibility index (Phi) is 7.16. The van der Waals surface area contributed by atoms with Crippen molar-refractivity contribution in [2.75, 3.05) is 13.1 Å². The number of piperidine rings is 1. The fraction of sp³-hybridized carbons (Fsp3) is 0.258. The van der Waals surface area contributed by atoms with Gasteiger partial charge in [-0.05, 0) is 61.2 Å². The summed E-state index contributed by atoms with van der Waals surface area (Å²) in [6, 6.07) is 24.9. The van der Waals surface area contributed by atoms with E-state index in [9.17, 15) is 9.59 Å². The number of furan rings is 1. The molecule has 6 heteroatoms. The molecule has 4 aromatic rings. The number of nitrogens with zero attached hydrogens (tertiary/aromatic N) is 2. The van der Waals surface area contributed by atoms with Crippen LogP contribution in [0.3, 0.4) is 0 Å². The number of hydrogen-bond donors (Lipinski definition) is 1. The number of likely N-dealkylation sites (tertiary alicyclic amines) is 1. The monoisotopic (exact) mass is 491 g/mol. The Balaban J connectivity index is 1.15. The lowest BCUT2D eigenvalue weighted by Crippen LogP contribution is -2.44. The summed E-state index contributed by atoms with van der Waals surface area (Å²) in [5, 5.41) is 12.9. The molecule has 1 fully saturated rings. The third-order valence-corrected chi connectivity index (χ3v) is 6.95. The largest absolute Gasteiger partial charge is 0.451 e. The van der Waals surface area contributed by atoms with E-state index < -0.39 is 0 Å². The molecule has 2 heterocycles. The molecule has 0 aliphatic carbocycles. The second-order valence-electron chi connectivity index (χ2n) is 9.78. The van der Waals surface area contributed by atoms with Crippen molar-refractivity contribution in [1.29, 1.82) is 5.26 Å². The minimum atomic E-state index is -0.209. The highest BCUT2D eigenvalue weighted by molar-refractivity contribution is 5.99. The first-order valence-corrected chi connectivity index (χ1v) is 12.6. The van der Waals surface area contributed by atoms with Crippen LogP contribution in [0.25, 0.3) is 11.0 Å². The number of nitriles is 1. The first-order valence-electron chi connectivity index (χ1n) is 12.6. The fourth-order valence-corrected chi connectivity index (χ4v) is 4.78. The molecule has 3 aromatic carbocycles.